The molecule has 9 heteroatoms. The molecule has 0 radical (unpaired) electrons. The van der Waals surface area contributed by atoms with Gasteiger partial charge in [-0.1, -0.05) is 0 Å². The minimum absolute atomic E-state index is 0.113. The van der Waals surface area contributed by atoms with E-state index in [1.54, 1.807) is 4.68 Å². The van der Waals surface area contributed by atoms with Gasteiger partial charge in [0.25, 0.3) is 5.56 Å². The van der Waals surface area contributed by atoms with E-state index in [-0.39, 0.29) is 17.3 Å². The van der Waals surface area contributed by atoms with Gasteiger partial charge < -0.3 is 4.74 Å². The maximum Gasteiger partial charge on any atom is 0.434 e. The minimum Gasteiger partial charge on any atom is -0.497 e. The van der Waals surface area contributed by atoms with E-state index >= 15 is 0 Å². The SMILES string of the molecule is COc1ccn2c(=O)c(-c3cnn(C4CC4)c3)c(C(F)(F)F)nc2c1. The summed E-state index contributed by atoms with van der Waals surface area (Å²) in [4.78, 5) is 16.4. The van der Waals surface area contributed by atoms with Crippen molar-refractivity contribution in [1.82, 2.24) is 19.2 Å². The lowest BCUT2D eigenvalue weighted by Crippen LogP contribution is -2.24. The molecule has 130 valence electrons. The van der Waals surface area contributed by atoms with Crippen molar-refractivity contribution in [3.8, 4) is 16.9 Å². The normalized spacial score (nSPS) is 14.9. The van der Waals surface area contributed by atoms with Crippen molar-refractivity contribution in [2.24, 2.45) is 0 Å². The molecule has 1 aliphatic carbocycles. The fourth-order valence-corrected chi connectivity index (χ4v) is 2.72. The maximum absolute atomic E-state index is 13.5. The van der Waals surface area contributed by atoms with E-state index in [1.807, 2.05) is 0 Å². The van der Waals surface area contributed by atoms with Crippen molar-refractivity contribution in [2.75, 3.05) is 7.11 Å². The van der Waals surface area contributed by atoms with Gasteiger partial charge >= 0.3 is 6.18 Å². The van der Waals surface area contributed by atoms with Gasteiger partial charge in [0, 0.05) is 24.0 Å². The van der Waals surface area contributed by atoms with E-state index in [0.29, 0.717) is 5.75 Å². The van der Waals surface area contributed by atoms with Crippen LogP contribution in [-0.2, 0) is 6.18 Å². The summed E-state index contributed by atoms with van der Waals surface area (Å²) in [5.74, 6) is 0.314. The van der Waals surface area contributed by atoms with Crippen LogP contribution in [0.3, 0.4) is 0 Å². The Bertz CT molecular complexity index is 1020. The zero-order chi connectivity index (χ0) is 17.8. The fourth-order valence-electron chi connectivity index (χ4n) is 2.72. The molecular formula is C16H13F3N4O2. The smallest absolute Gasteiger partial charge is 0.434 e. The topological polar surface area (TPSA) is 61.4 Å². The average molecular weight is 350 g/mol. The Morgan fingerprint density at radius 2 is 2.08 bits per heavy atom. The highest BCUT2D eigenvalue weighted by Gasteiger charge is 2.38. The molecule has 0 bridgehead atoms. The summed E-state index contributed by atoms with van der Waals surface area (Å²) in [6, 6.07) is 2.97. The Hall–Kier alpha value is -2.84. The van der Waals surface area contributed by atoms with Crippen molar-refractivity contribution in [1.29, 1.82) is 0 Å². The van der Waals surface area contributed by atoms with E-state index in [2.05, 4.69) is 10.1 Å². The van der Waals surface area contributed by atoms with Crippen LogP contribution >= 0.6 is 0 Å². The van der Waals surface area contributed by atoms with Crippen LogP contribution in [0.1, 0.15) is 24.6 Å². The molecule has 0 atom stereocenters. The van der Waals surface area contributed by atoms with Crippen LogP contribution in [0.5, 0.6) is 5.75 Å². The third-order valence-electron chi connectivity index (χ3n) is 4.12. The van der Waals surface area contributed by atoms with Crippen molar-refractivity contribution in [3.05, 3.63) is 46.8 Å². The predicted octanol–water partition coefficient (Wildman–Crippen LogP) is 2.92. The summed E-state index contributed by atoms with van der Waals surface area (Å²) in [5, 5.41) is 4.08. The first kappa shape index (κ1) is 15.7. The van der Waals surface area contributed by atoms with Gasteiger partial charge in [-0.15, -0.1) is 0 Å². The number of aromatic nitrogens is 4. The molecule has 0 unspecified atom stereocenters. The number of rotatable bonds is 3. The van der Waals surface area contributed by atoms with Gasteiger partial charge in [-0.25, -0.2) is 4.98 Å². The lowest BCUT2D eigenvalue weighted by Gasteiger charge is -2.12. The largest absolute Gasteiger partial charge is 0.497 e. The predicted molar refractivity (Wildman–Crippen MR) is 82.5 cm³/mol. The Balaban J connectivity index is 2.00. The highest BCUT2D eigenvalue weighted by atomic mass is 19.4. The molecule has 3 heterocycles. The zero-order valence-electron chi connectivity index (χ0n) is 13.1. The zero-order valence-corrected chi connectivity index (χ0v) is 13.1. The van der Waals surface area contributed by atoms with Gasteiger partial charge in [-0.05, 0) is 18.9 Å². The summed E-state index contributed by atoms with van der Waals surface area (Å²) < 4.78 is 48.3. The quantitative estimate of drug-likeness (QED) is 0.729. The van der Waals surface area contributed by atoms with E-state index in [0.717, 1.165) is 17.2 Å². The summed E-state index contributed by atoms with van der Waals surface area (Å²) in [6.45, 7) is 0. The number of hydrogen-bond donors (Lipinski definition) is 0. The Kier molecular flexibility index (Phi) is 3.34. The molecule has 0 saturated heterocycles. The van der Waals surface area contributed by atoms with Gasteiger partial charge in [0.15, 0.2) is 5.69 Å². The molecule has 0 spiro atoms. The molecule has 6 nitrogen and oxygen atoms in total. The molecule has 0 amide bonds. The molecule has 3 aromatic rings. The molecular weight excluding hydrogens is 337 g/mol. The van der Waals surface area contributed by atoms with Crippen LogP contribution in [0, 0.1) is 0 Å². The van der Waals surface area contributed by atoms with Crippen molar-refractivity contribution in [2.45, 2.75) is 25.1 Å². The molecule has 1 aliphatic rings. The molecule has 3 aromatic heterocycles. The van der Waals surface area contributed by atoms with Crippen LogP contribution in [0.25, 0.3) is 16.8 Å². The summed E-state index contributed by atoms with van der Waals surface area (Å²) >= 11 is 0. The maximum atomic E-state index is 13.5. The number of pyridine rings is 1. The summed E-state index contributed by atoms with van der Waals surface area (Å²) in [7, 11) is 1.38. The Morgan fingerprint density at radius 3 is 2.72 bits per heavy atom. The van der Waals surface area contributed by atoms with Crippen molar-refractivity contribution in [3.63, 3.8) is 0 Å². The van der Waals surface area contributed by atoms with E-state index in [9.17, 15) is 18.0 Å². The first-order chi connectivity index (χ1) is 11.9. The second kappa shape index (κ2) is 5.33. The van der Waals surface area contributed by atoms with Gasteiger partial charge in [-0.3, -0.25) is 13.9 Å². The lowest BCUT2D eigenvalue weighted by molar-refractivity contribution is -0.140. The van der Waals surface area contributed by atoms with E-state index < -0.39 is 23.0 Å². The monoisotopic (exact) mass is 350 g/mol. The van der Waals surface area contributed by atoms with E-state index in [1.165, 1.54) is 37.8 Å². The second-order valence-corrected chi connectivity index (χ2v) is 5.87. The number of hydrogen-bond acceptors (Lipinski definition) is 4. The highest BCUT2D eigenvalue weighted by Crippen LogP contribution is 2.37. The third kappa shape index (κ3) is 2.65. The van der Waals surface area contributed by atoms with Crippen LogP contribution in [-0.4, -0.2) is 26.3 Å². The highest BCUT2D eigenvalue weighted by molar-refractivity contribution is 5.66. The number of nitrogens with zero attached hydrogens (tertiary/aromatic N) is 4. The van der Waals surface area contributed by atoms with Crippen LogP contribution in [0.15, 0.2) is 35.5 Å². The molecule has 1 fully saturated rings. The van der Waals surface area contributed by atoms with Gasteiger partial charge in [-0.2, -0.15) is 18.3 Å². The number of fused-ring (bicyclic) bond motifs is 1. The third-order valence-corrected chi connectivity index (χ3v) is 4.12. The molecule has 1 saturated carbocycles. The van der Waals surface area contributed by atoms with Gasteiger partial charge in [0.05, 0.1) is 24.9 Å². The standard InChI is InChI=1S/C16H13F3N4O2/c1-25-11-4-5-22-12(6-11)21-14(16(17,18)19)13(15(22)24)9-7-20-23(8-9)10-2-3-10/h4-8,10H,2-3H2,1H3. The van der Waals surface area contributed by atoms with Crippen LogP contribution < -0.4 is 10.3 Å². The number of alkyl halides is 3. The van der Waals surface area contributed by atoms with Crippen molar-refractivity contribution >= 4 is 5.65 Å². The number of ether oxygens (including phenoxy) is 1. The van der Waals surface area contributed by atoms with E-state index in [4.69, 9.17) is 4.74 Å². The minimum atomic E-state index is -4.77. The second-order valence-electron chi connectivity index (χ2n) is 5.87. The Labute approximate surface area is 139 Å². The first-order valence-corrected chi connectivity index (χ1v) is 7.60. The fraction of sp³-hybridized carbons (Fsp3) is 0.312. The van der Waals surface area contributed by atoms with Crippen molar-refractivity contribution < 1.29 is 17.9 Å². The first-order valence-electron chi connectivity index (χ1n) is 7.60. The molecule has 4 rings (SSSR count). The van der Waals surface area contributed by atoms with Gasteiger partial charge in [0.2, 0.25) is 0 Å². The Morgan fingerprint density at radius 1 is 1.32 bits per heavy atom. The molecule has 25 heavy (non-hydrogen) atoms. The average Bonchev–Trinajstić information content (AvgIpc) is 3.31. The molecule has 0 aromatic carbocycles. The molecule has 0 aliphatic heterocycles. The molecule has 0 N–H and O–H groups in total. The lowest BCUT2D eigenvalue weighted by atomic mass is 10.1. The van der Waals surface area contributed by atoms with Crippen LogP contribution in [0.4, 0.5) is 13.2 Å². The number of methoxy groups -OCH3 is 1. The van der Waals surface area contributed by atoms with Gasteiger partial charge in [0.1, 0.15) is 11.4 Å². The summed E-state index contributed by atoms with van der Waals surface area (Å²) in [6.07, 6.45) is 1.19. The summed E-state index contributed by atoms with van der Waals surface area (Å²) in [5.41, 5.74) is -2.53. The number of halogens is 3. The van der Waals surface area contributed by atoms with Crippen LogP contribution in [0.2, 0.25) is 0 Å².